The fraction of sp³-hybridized carbons (Fsp3) is 0.125. The van der Waals surface area contributed by atoms with Gasteiger partial charge in [0.2, 0.25) is 11.1 Å². The van der Waals surface area contributed by atoms with Crippen LogP contribution in [0, 0.1) is 0 Å². The lowest BCUT2D eigenvalue weighted by atomic mass is 10.6. The molecular weight excluding hydrogens is 258 g/mol. The molecule has 94 valence electrons. The maximum Gasteiger partial charge on any atom is 0.321 e. The van der Waals surface area contributed by atoms with Crippen molar-refractivity contribution in [1.82, 2.24) is 24.9 Å². The minimum absolute atomic E-state index is 0.00981. The number of nitrogens with zero attached hydrogens (tertiary/aromatic N) is 4. The van der Waals surface area contributed by atoms with Gasteiger partial charge in [-0.15, -0.1) is 0 Å². The largest absolute Gasteiger partial charge is 0.467 e. The summed E-state index contributed by atoms with van der Waals surface area (Å²) < 4.78 is 4.85. The standard InChI is InChI=1S/C8H9N7O2S/c1-17-6-13-5(10)14-8(15-6)18-7-11-3(9)2-4(16)12-7/h2H,1H3,(H3,9,11,12,16)(H2,10,13,14,15). The molecule has 0 saturated heterocycles. The van der Waals surface area contributed by atoms with Crippen LogP contribution >= 0.6 is 11.8 Å². The molecule has 0 atom stereocenters. The molecule has 0 unspecified atom stereocenters. The number of ether oxygens (including phenoxy) is 1. The molecule has 2 aromatic rings. The molecule has 10 heteroatoms. The van der Waals surface area contributed by atoms with E-state index in [2.05, 4.69) is 24.9 Å². The predicted octanol–water partition coefficient (Wildman–Crippen LogP) is -0.721. The van der Waals surface area contributed by atoms with Crippen LogP contribution in [0.1, 0.15) is 0 Å². The van der Waals surface area contributed by atoms with E-state index in [4.69, 9.17) is 16.2 Å². The Kier molecular flexibility index (Phi) is 3.28. The maximum atomic E-state index is 11.2. The van der Waals surface area contributed by atoms with Crippen molar-refractivity contribution in [3.05, 3.63) is 16.4 Å². The summed E-state index contributed by atoms with van der Waals surface area (Å²) in [6, 6.07) is 1.25. The van der Waals surface area contributed by atoms with E-state index in [0.717, 1.165) is 11.8 Å². The Morgan fingerprint density at radius 1 is 1.28 bits per heavy atom. The van der Waals surface area contributed by atoms with Crippen LogP contribution in [0.15, 0.2) is 21.2 Å². The Labute approximate surface area is 105 Å². The molecule has 2 heterocycles. The van der Waals surface area contributed by atoms with Crippen molar-refractivity contribution in [3.63, 3.8) is 0 Å². The fourth-order valence-electron chi connectivity index (χ4n) is 1.08. The third-order valence-corrected chi connectivity index (χ3v) is 2.47. The third-order valence-electron chi connectivity index (χ3n) is 1.72. The number of nitrogen functional groups attached to an aromatic ring is 2. The summed E-state index contributed by atoms with van der Waals surface area (Å²) in [5.74, 6) is 0.117. The summed E-state index contributed by atoms with van der Waals surface area (Å²) in [5.41, 5.74) is 10.6. The van der Waals surface area contributed by atoms with Crippen molar-refractivity contribution >= 4 is 23.5 Å². The molecule has 0 radical (unpaired) electrons. The van der Waals surface area contributed by atoms with Gasteiger partial charge in [0.25, 0.3) is 5.56 Å². The van der Waals surface area contributed by atoms with Gasteiger partial charge in [-0.2, -0.15) is 15.0 Å². The van der Waals surface area contributed by atoms with Gasteiger partial charge in [-0.1, -0.05) is 0 Å². The summed E-state index contributed by atoms with van der Waals surface area (Å²) in [4.78, 5) is 29.2. The summed E-state index contributed by atoms with van der Waals surface area (Å²) in [7, 11) is 1.41. The van der Waals surface area contributed by atoms with Crippen LogP contribution in [-0.2, 0) is 0 Å². The average Bonchev–Trinajstić information content (AvgIpc) is 2.26. The fourth-order valence-corrected chi connectivity index (χ4v) is 1.82. The molecule has 0 amide bonds. The van der Waals surface area contributed by atoms with E-state index < -0.39 is 0 Å². The molecule has 2 aromatic heterocycles. The highest BCUT2D eigenvalue weighted by molar-refractivity contribution is 7.99. The molecule has 0 aliphatic rings. The second-order valence-electron chi connectivity index (χ2n) is 3.04. The summed E-state index contributed by atoms with van der Waals surface area (Å²) in [5, 5.41) is 0.501. The minimum atomic E-state index is -0.362. The highest BCUT2D eigenvalue weighted by Gasteiger charge is 2.08. The number of methoxy groups -OCH3 is 1. The molecular formula is C8H9N7O2S. The zero-order valence-electron chi connectivity index (χ0n) is 9.25. The van der Waals surface area contributed by atoms with Crippen LogP contribution < -0.4 is 21.8 Å². The lowest BCUT2D eigenvalue weighted by Gasteiger charge is -2.02. The third kappa shape index (κ3) is 2.85. The van der Waals surface area contributed by atoms with Crippen molar-refractivity contribution in [2.75, 3.05) is 18.6 Å². The van der Waals surface area contributed by atoms with Crippen molar-refractivity contribution in [2.24, 2.45) is 0 Å². The topological polar surface area (TPSA) is 146 Å². The molecule has 0 spiro atoms. The molecule has 0 aliphatic carbocycles. The maximum absolute atomic E-state index is 11.2. The van der Waals surface area contributed by atoms with Gasteiger partial charge in [-0.3, -0.25) is 4.79 Å². The van der Waals surface area contributed by atoms with Crippen molar-refractivity contribution in [2.45, 2.75) is 10.3 Å². The van der Waals surface area contributed by atoms with Gasteiger partial charge in [-0.05, 0) is 11.8 Å². The number of aromatic amines is 1. The zero-order valence-corrected chi connectivity index (χ0v) is 10.1. The number of hydrogen-bond acceptors (Lipinski definition) is 9. The second-order valence-corrected chi connectivity index (χ2v) is 4.00. The smallest absolute Gasteiger partial charge is 0.321 e. The first-order chi connectivity index (χ1) is 8.56. The molecule has 5 N–H and O–H groups in total. The lowest BCUT2D eigenvalue weighted by molar-refractivity contribution is 0.374. The zero-order chi connectivity index (χ0) is 13.1. The van der Waals surface area contributed by atoms with E-state index in [9.17, 15) is 4.79 Å². The van der Waals surface area contributed by atoms with Gasteiger partial charge >= 0.3 is 6.01 Å². The van der Waals surface area contributed by atoms with E-state index >= 15 is 0 Å². The quantitative estimate of drug-likeness (QED) is 0.613. The van der Waals surface area contributed by atoms with Gasteiger partial charge in [0.05, 0.1) is 7.11 Å². The van der Waals surface area contributed by atoms with Gasteiger partial charge in [0.1, 0.15) is 5.82 Å². The SMILES string of the molecule is COc1nc(N)nc(Sc2nc(N)cc(=O)[nH]2)n1. The molecule has 0 aromatic carbocycles. The van der Waals surface area contributed by atoms with Crippen molar-refractivity contribution < 1.29 is 4.74 Å². The van der Waals surface area contributed by atoms with E-state index in [-0.39, 0.29) is 33.6 Å². The number of rotatable bonds is 3. The molecule has 0 saturated carbocycles. The van der Waals surface area contributed by atoms with Crippen LogP contribution in [0.2, 0.25) is 0 Å². The van der Waals surface area contributed by atoms with E-state index in [1.165, 1.54) is 13.2 Å². The van der Waals surface area contributed by atoms with E-state index in [1.54, 1.807) is 0 Å². The first kappa shape index (κ1) is 12.1. The van der Waals surface area contributed by atoms with Gasteiger partial charge in [0.15, 0.2) is 5.16 Å². The Bertz CT molecular complexity index is 629. The predicted molar refractivity (Wildman–Crippen MR) is 64.2 cm³/mol. The normalized spacial score (nSPS) is 10.3. The Hall–Kier alpha value is -2.36. The highest BCUT2D eigenvalue weighted by Crippen LogP contribution is 2.22. The first-order valence-electron chi connectivity index (χ1n) is 4.67. The van der Waals surface area contributed by atoms with Crippen LogP contribution in [0.3, 0.4) is 0 Å². The highest BCUT2D eigenvalue weighted by atomic mass is 32.2. The monoisotopic (exact) mass is 267 g/mol. The van der Waals surface area contributed by atoms with Crippen LogP contribution in [0.5, 0.6) is 6.01 Å². The van der Waals surface area contributed by atoms with Crippen LogP contribution in [-0.4, -0.2) is 32.0 Å². The summed E-state index contributed by atoms with van der Waals surface area (Å²) in [6.07, 6.45) is 0. The molecule has 9 nitrogen and oxygen atoms in total. The number of aromatic nitrogens is 5. The number of hydrogen-bond donors (Lipinski definition) is 3. The van der Waals surface area contributed by atoms with Gasteiger partial charge in [0, 0.05) is 6.07 Å². The van der Waals surface area contributed by atoms with E-state index in [1.807, 2.05) is 0 Å². The molecule has 0 bridgehead atoms. The van der Waals surface area contributed by atoms with Gasteiger partial charge < -0.3 is 21.2 Å². The number of H-pyrrole nitrogens is 1. The van der Waals surface area contributed by atoms with Crippen LogP contribution in [0.25, 0.3) is 0 Å². The summed E-state index contributed by atoms with van der Waals surface area (Å²) >= 11 is 0.991. The molecule has 2 rings (SSSR count). The minimum Gasteiger partial charge on any atom is -0.467 e. The first-order valence-corrected chi connectivity index (χ1v) is 5.48. The van der Waals surface area contributed by atoms with Crippen LogP contribution in [0.4, 0.5) is 11.8 Å². The second kappa shape index (κ2) is 4.87. The Morgan fingerprint density at radius 3 is 2.72 bits per heavy atom. The van der Waals surface area contributed by atoms with Gasteiger partial charge in [-0.25, -0.2) is 4.98 Å². The Morgan fingerprint density at radius 2 is 2.06 bits per heavy atom. The van der Waals surface area contributed by atoms with E-state index in [0.29, 0.717) is 0 Å². The average molecular weight is 267 g/mol. The lowest BCUT2D eigenvalue weighted by Crippen LogP contribution is -2.10. The molecule has 0 aliphatic heterocycles. The molecule has 18 heavy (non-hydrogen) atoms. The van der Waals surface area contributed by atoms with Crippen molar-refractivity contribution in [3.8, 4) is 6.01 Å². The number of nitrogens with one attached hydrogen (secondary N) is 1. The Balaban J connectivity index is 2.33. The van der Waals surface area contributed by atoms with Crippen molar-refractivity contribution in [1.29, 1.82) is 0 Å². The number of anilines is 2. The molecule has 0 fully saturated rings. The number of nitrogens with two attached hydrogens (primary N) is 2. The summed E-state index contributed by atoms with van der Waals surface area (Å²) in [6.45, 7) is 0.